The van der Waals surface area contributed by atoms with Gasteiger partial charge in [0.05, 0.1) is 43.8 Å². The normalized spacial score (nSPS) is 15.3. The minimum absolute atomic E-state index is 0.142. The van der Waals surface area contributed by atoms with E-state index in [1.54, 1.807) is 19.2 Å². The van der Waals surface area contributed by atoms with Crippen molar-refractivity contribution in [1.29, 1.82) is 0 Å². The number of halogens is 1. The van der Waals surface area contributed by atoms with Crippen molar-refractivity contribution >= 4 is 30.5 Å². The van der Waals surface area contributed by atoms with E-state index >= 15 is 0 Å². The molecule has 11 heteroatoms. The van der Waals surface area contributed by atoms with Crippen LogP contribution in [0.25, 0.3) is 16.9 Å². The second-order valence-corrected chi connectivity index (χ2v) is 11.5. The number of hydrogen-bond acceptors (Lipinski definition) is 8. The van der Waals surface area contributed by atoms with Crippen LogP contribution < -0.4 is 9.64 Å². The fraction of sp³-hybridized carbons (Fsp3) is 0.500. The van der Waals surface area contributed by atoms with Gasteiger partial charge in [-0.2, -0.15) is 0 Å². The average molecular weight is 551 g/mol. The van der Waals surface area contributed by atoms with Crippen molar-refractivity contribution < 1.29 is 23.5 Å². The molecule has 1 saturated heterocycles. The first-order valence-corrected chi connectivity index (χ1v) is 14.8. The average Bonchev–Trinajstić information content (AvgIpc) is 3.17. The molecular formula is C26H36ClN4O5P. The number of nitrogens with zero attached hydrogens (tertiary/aromatic N) is 4. The Morgan fingerprint density at radius 3 is 2.59 bits per heavy atom. The second kappa shape index (κ2) is 12.6. The van der Waals surface area contributed by atoms with E-state index in [-0.39, 0.29) is 6.61 Å². The van der Waals surface area contributed by atoms with Gasteiger partial charge >= 0.3 is 7.60 Å². The molecular weight excluding hydrogens is 515 g/mol. The molecule has 0 spiro atoms. The SMILES string of the molecule is CCOP(=O)(CCN1CCCN(c2ccn3cc(-c4cc(Cl)c(OC)cc4CO)nc3c2)CC1)OCC. The lowest BCUT2D eigenvalue weighted by molar-refractivity contribution is 0.213. The van der Waals surface area contributed by atoms with Crippen LogP contribution in [0.2, 0.25) is 5.02 Å². The van der Waals surface area contributed by atoms with Gasteiger partial charge in [0.2, 0.25) is 0 Å². The number of ether oxygens (including phenoxy) is 1. The van der Waals surface area contributed by atoms with Gasteiger partial charge in [0.25, 0.3) is 0 Å². The molecule has 9 nitrogen and oxygen atoms in total. The summed E-state index contributed by atoms with van der Waals surface area (Å²) in [4.78, 5) is 9.53. The zero-order chi connectivity index (χ0) is 26.4. The van der Waals surface area contributed by atoms with Crippen LogP contribution in [0.5, 0.6) is 5.75 Å². The number of rotatable bonds is 11. The summed E-state index contributed by atoms with van der Waals surface area (Å²) in [5.74, 6) is 0.523. The van der Waals surface area contributed by atoms with Crippen LogP contribution in [-0.4, -0.2) is 78.6 Å². The molecule has 1 aliphatic heterocycles. The number of aliphatic hydroxyl groups excluding tert-OH is 1. The molecule has 1 aliphatic rings. The molecule has 0 radical (unpaired) electrons. The summed E-state index contributed by atoms with van der Waals surface area (Å²) in [5.41, 5.74) is 4.15. The highest BCUT2D eigenvalue weighted by molar-refractivity contribution is 7.53. The van der Waals surface area contributed by atoms with Gasteiger partial charge in [0.15, 0.2) is 0 Å². The fourth-order valence-electron chi connectivity index (χ4n) is 4.70. The minimum atomic E-state index is -3.04. The summed E-state index contributed by atoms with van der Waals surface area (Å²) < 4.78 is 31.0. The lowest BCUT2D eigenvalue weighted by Crippen LogP contribution is -2.32. The van der Waals surface area contributed by atoms with Gasteiger partial charge in [0.1, 0.15) is 11.4 Å². The summed E-state index contributed by atoms with van der Waals surface area (Å²) in [6, 6.07) is 7.72. The highest BCUT2D eigenvalue weighted by Gasteiger charge is 2.25. The van der Waals surface area contributed by atoms with Crippen LogP contribution in [-0.2, 0) is 20.2 Å². The maximum Gasteiger partial charge on any atom is 0.331 e. The highest BCUT2D eigenvalue weighted by Crippen LogP contribution is 2.47. The Morgan fingerprint density at radius 1 is 1.11 bits per heavy atom. The summed E-state index contributed by atoms with van der Waals surface area (Å²) in [7, 11) is -1.48. The van der Waals surface area contributed by atoms with Crippen LogP contribution >= 0.6 is 19.2 Å². The number of imidazole rings is 1. The molecule has 0 aliphatic carbocycles. The van der Waals surface area contributed by atoms with Crippen molar-refractivity contribution in [2.24, 2.45) is 0 Å². The summed E-state index contributed by atoms with van der Waals surface area (Å²) in [6.07, 6.45) is 5.36. The Labute approximate surface area is 223 Å². The zero-order valence-electron chi connectivity index (χ0n) is 21.7. The quantitative estimate of drug-likeness (QED) is 0.336. The number of anilines is 1. The van der Waals surface area contributed by atoms with Crippen molar-refractivity contribution in [3.63, 3.8) is 0 Å². The van der Waals surface area contributed by atoms with Gasteiger partial charge in [-0.25, -0.2) is 4.98 Å². The van der Waals surface area contributed by atoms with E-state index in [0.29, 0.717) is 42.3 Å². The molecule has 37 heavy (non-hydrogen) atoms. The van der Waals surface area contributed by atoms with Crippen molar-refractivity contribution in [2.45, 2.75) is 26.9 Å². The predicted molar refractivity (Wildman–Crippen MR) is 147 cm³/mol. The van der Waals surface area contributed by atoms with E-state index in [0.717, 1.165) is 55.2 Å². The van der Waals surface area contributed by atoms with Gasteiger partial charge in [-0.05, 0) is 50.6 Å². The minimum Gasteiger partial charge on any atom is -0.495 e. The smallest absolute Gasteiger partial charge is 0.331 e. The number of fused-ring (bicyclic) bond motifs is 1. The van der Waals surface area contributed by atoms with Gasteiger partial charge in [-0.15, -0.1) is 0 Å². The van der Waals surface area contributed by atoms with E-state index in [1.165, 1.54) is 0 Å². The van der Waals surface area contributed by atoms with Crippen molar-refractivity contribution in [2.75, 3.05) is 64.1 Å². The van der Waals surface area contributed by atoms with E-state index in [9.17, 15) is 9.67 Å². The second-order valence-electron chi connectivity index (χ2n) is 8.93. The van der Waals surface area contributed by atoms with E-state index in [4.69, 9.17) is 30.4 Å². The Kier molecular flexibility index (Phi) is 9.51. The molecule has 4 rings (SSSR count). The molecule has 1 fully saturated rings. The van der Waals surface area contributed by atoms with Crippen LogP contribution in [0, 0.1) is 0 Å². The van der Waals surface area contributed by atoms with Crippen molar-refractivity contribution in [1.82, 2.24) is 14.3 Å². The largest absolute Gasteiger partial charge is 0.495 e. The number of aliphatic hydroxyl groups is 1. The first-order chi connectivity index (χ1) is 17.9. The van der Waals surface area contributed by atoms with E-state index in [1.807, 2.05) is 30.6 Å². The summed E-state index contributed by atoms with van der Waals surface area (Å²) >= 11 is 6.36. The standard InChI is InChI=1S/C26H36ClN4O5P/c1-4-35-37(33,36-5-2)14-13-29-8-6-9-30(12-11-29)21-7-10-31-18-24(28-26(31)16-21)22-17-23(27)25(34-3)15-20(22)19-32/h7,10,15-18,32H,4-6,8-9,11-14,19H2,1-3H3. The lowest BCUT2D eigenvalue weighted by Gasteiger charge is -2.25. The van der Waals surface area contributed by atoms with Gasteiger partial charge in [0, 0.05) is 55.9 Å². The molecule has 202 valence electrons. The lowest BCUT2D eigenvalue weighted by atomic mass is 10.1. The number of pyridine rings is 1. The van der Waals surface area contributed by atoms with Crippen molar-refractivity contribution in [3.8, 4) is 17.0 Å². The molecule has 1 aromatic carbocycles. The first-order valence-electron chi connectivity index (χ1n) is 12.7. The predicted octanol–water partition coefficient (Wildman–Crippen LogP) is 4.93. The molecule has 3 aromatic rings. The molecule has 0 unspecified atom stereocenters. The van der Waals surface area contributed by atoms with E-state index < -0.39 is 7.60 Å². The number of aromatic nitrogens is 2. The maximum absolute atomic E-state index is 12.8. The van der Waals surface area contributed by atoms with Gasteiger partial charge in [-0.3, -0.25) is 4.57 Å². The summed E-state index contributed by atoms with van der Waals surface area (Å²) in [6.45, 7) is 8.59. The number of hydrogen-bond donors (Lipinski definition) is 1. The Morgan fingerprint density at radius 2 is 1.89 bits per heavy atom. The Hall–Kier alpha value is -2.13. The van der Waals surface area contributed by atoms with Crippen LogP contribution in [0.4, 0.5) is 5.69 Å². The number of benzene rings is 1. The molecule has 3 heterocycles. The third-order valence-corrected chi connectivity index (χ3v) is 8.91. The zero-order valence-corrected chi connectivity index (χ0v) is 23.4. The van der Waals surface area contributed by atoms with Gasteiger partial charge < -0.3 is 33.1 Å². The highest BCUT2D eigenvalue weighted by atomic mass is 35.5. The topological polar surface area (TPSA) is 88.8 Å². The third-order valence-electron chi connectivity index (χ3n) is 6.56. The Balaban J connectivity index is 1.47. The molecule has 0 amide bonds. The number of methoxy groups -OCH3 is 1. The molecule has 2 aromatic heterocycles. The third kappa shape index (κ3) is 6.66. The molecule has 0 saturated carbocycles. The summed E-state index contributed by atoms with van der Waals surface area (Å²) in [5, 5.41) is 10.4. The maximum atomic E-state index is 12.8. The van der Waals surface area contributed by atoms with E-state index in [2.05, 4.69) is 21.9 Å². The van der Waals surface area contributed by atoms with Crippen LogP contribution in [0.3, 0.4) is 0 Å². The van der Waals surface area contributed by atoms with Gasteiger partial charge in [-0.1, -0.05) is 11.6 Å². The van der Waals surface area contributed by atoms with Crippen LogP contribution in [0.15, 0.2) is 36.7 Å². The molecule has 0 atom stereocenters. The fourth-order valence-corrected chi connectivity index (χ4v) is 6.58. The molecule has 1 N–H and O–H groups in total. The Bertz CT molecular complexity index is 1240. The monoisotopic (exact) mass is 550 g/mol. The van der Waals surface area contributed by atoms with Crippen molar-refractivity contribution in [3.05, 3.63) is 47.2 Å². The first kappa shape index (κ1) is 27.9. The van der Waals surface area contributed by atoms with Crippen LogP contribution in [0.1, 0.15) is 25.8 Å². The molecule has 0 bridgehead atoms.